The van der Waals surface area contributed by atoms with E-state index in [1.54, 1.807) is 0 Å². The molecule has 10 heteroatoms. The maximum absolute atomic E-state index is 12.9. The van der Waals surface area contributed by atoms with Crippen molar-refractivity contribution in [3.05, 3.63) is 41.7 Å². The highest BCUT2D eigenvalue weighted by Gasteiger charge is 2.37. The second-order valence-electron chi connectivity index (χ2n) is 4.54. The number of nitrogens with zero attached hydrogens (tertiary/aromatic N) is 5. The maximum atomic E-state index is 12.9. The minimum atomic E-state index is -4.70. The highest BCUT2D eigenvalue weighted by atomic mass is 19.4. The van der Waals surface area contributed by atoms with Crippen LogP contribution >= 0.6 is 0 Å². The number of halogens is 3. The summed E-state index contributed by atoms with van der Waals surface area (Å²) in [5, 5.41) is 19.1. The van der Waals surface area contributed by atoms with E-state index in [9.17, 15) is 13.2 Å². The van der Waals surface area contributed by atoms with Gasteiger partial charge in [-0.2, -0.15) is 22.9 Å². The van der Waals surface area contributed by atoms with E-state index in [0.29, 0.717) is 10.1 Å². The first-order chi connectivity index (χ1) is 11.4. The molecule has 3 rings (SSSR count). The lowest BCUT2D eigenvalue weighted by atomic mass is 10.2. The first kappa shape index (κ1) is 15.5. The molecule has 0 aliphatic carbocycles. The summed E-state index contributed by atoms with van der Waals surface area (Å²) in [7, 11) is 1.38. The van der Waals surface area contributed by atoms with Crippen molar-refractivity contribution in [2.45, 2.75) is 6.18 Å². The topological polar surface area (TPSA) is 85.3 Å². The van der Waals surface area contributed by atoms with Crippen molar-refractivity contribution in [1.82, 2.24) is 19.8 Å². The predicted octanol–water partition coefficient (Wildman–Crippen LogP) is 2.82. The number of nitriles is 1. The lowest BCUT2D eigenvalue weighted by Crippen LogP contribution is -2.12. The van der Waals surface area contributed by atoms with E-state index < -0.39 is 12.0 Å². The van der Waals surface area contributed by atoms with E-state index in [1.165, 1.54) is 37.4 Å². The summed E-state index contributed by atoms with van der Waals surface area (Å²) in [5.41, 5.74) is 0.280. The number of rotatable bonds is 3. The van der Waals surface area contributed by atoms with Gasteiger partial charge in [-0.05, 0) is 18.2 Å². The molecule has 0 unspecified atom stereocenters. The fourth-order valence-electron chi connectivity index (χ4n) is 1.94. The number of ether oxygens (including phenoxy) is 2. The molecule has 0 saturated carbocycles. The van der Waals surface area contributed by atoms with Crippen LogP contribution in [0.1, 0.15) is 11.4 Å². The molecule has 0 amide bonds. The molecule has 0 fully saturated rings. The highest BCUT2D eigenvalue weighted by molar-refractivity contribution is 5.48. The van der Waals surface area contributed by atoms with Gasteiger partial charge in [0.25, 0.3) is 5.82 Å². The Hall–Kier alpha value is -3.35. The van der Waals surface area contributed by atoms with E-state index in [1.807, 2.05) is 6.07 Å². The normalized spacial score (nSPS) is 11.3. The largest absolute Gasteiger partial charge is 0.493 e. The number of aromatic nitrogens is 4. The van der Waals surface area contributed by atoms with Gasteiger partial charge in [0.1, 0.15) is 0 Å². The van der Waals surface area contributed by atoms with Crippen LogP contribution in [0.5, 0.6) is 17.4 Å². The number of hydrogen-bond donors (Lipinski definition) is 0. The van der Waals surface area contributed by atoms with Gasteiger partial charge in [-0.15, -0.1) is 15.3 Å². The van der Waals surface area contributed by atoms with Gasteiger partial charge in [0.2, 0.25) is 5.88 Å². The minimum Gasteiger partial charge on any atom is -0.493 e. The summed E-state index contributed by atoms with van der Waals surface area (Å²) in [6.45, 7) is 0. The molecule has 3 aromatic rings. The summed E-state index contributed by atoms with van der Waals surface area (Å²) in [6.07, 6.45) is -4.70. The van der Waals surface area contributed by atoms with E-state index >= 15 is 0 Å². The van der Waals surface area contributed by atoms with Crippen molar-refractivity contribution < 1.29 is 22.6 Å². The number of hydrogen-bond acceptors (Lipinski definition) is 6. The summed E-state index contributed by atoms with van der Waals surface area (Å²) in [5.74, 6) is -0.925. The third-order valence-electron chi connectivity index (χ3n) is 3.00. The van der Waals surface area contributed by atoms with Gasteiger partial charge in [-0.3, -0.25) is 0 Å². The van der Waals surface area contributed by atoms with Crippen LogP contribution in [0, 0.1) is 11.3 Å². The number of methoxy groups -OCH3 is 1. The lowest BCUT2D eigenvalue weighted by Gasteiger charge is -2.10. The third kappa shape index (κ3) is 2.79. The van der Waals surface area contributed by atoms with E-state index in [-0.39, 0.29) is 23.0 Å². The van der Waals surface area contributed by atoms with Gasteiger partial charge in [0, 0.05) is 12.1 Å². The van der Waals surface area contributed by atoms with Crippen LogP contribution in [0.25, 0.3) is 5.65 Å². The average Bonchev–Trinajstić information content (AvgIpc) is 2.98. The molecule has 0 atom stereocenters. The SMILES string of the molecule is COc1cc(C#N)ccc1Oc1ccc2nnc(C(F)(F)F)n2n1. The monoisotopic (exact) mass is 335 g/mol. The molecule has 122 valence electrons. The van der Waals surface area contributed by atoms with Crippen molar-refractivity contribution in [1.29, 1.82) is 5.26 Å². The maximum Gasteiger partial charge on any atom is 0.453 e. The quantitative estimate of drug-likeness (QED) is 0.732. The Morgan fingerprint density at radius 1 is 1.12 bits per heavy atom. The third-order valence-corrected chi connectivity index (χ3v) is 3.00. The van der Waals surface area contributed by atoms with Crippen molar-refractivity contribution in [3.63, 3.8) is 0 Å². The van der Waals surface area contributed by atoms with Crippen molar-refractivity contribution in [2.75, 3.05) is 7.11 Å². The Bertz CT molecular complexity index is 946. The zero-order valence-corrected chi connectivity index (χ0v) is 12.1. The molecular formula is C14H8F3N5O2. The van der Waals surface area contributed by atoms with Crippen LogP contribution in [-0.2, 0) is 6.18 Å². The lowest BCUT2D eigenvalue weighted by molar-refractivity contribution is -0.146. The zero-order valence-electron chi connectivity index (χ0n) is 12.1. The fraction of sp³-hybridized carbons (Fsp3) is 0.143. The molecule has 0 saturated heterocycles. The van der Waals surface area contributed by atoms with Crippen LogP contribution < -0.4 is 9.47 Å². The van der Waals surface area contributed by atoms with Crippen LogP contribution in [0.15, 0.2) is 30.3 Å². The molecule has 0 bridgehead atoms. The Morgan fingerprint density at radius 2 is 1.92 bits per heavy atom. The Kier molecular flexibility index (Phi) is 3.69. The fourth-order valence-corrected chi connectivity index (χ4v) is 1.94. The molecular weight excluding hydrogens is 327 g/mol. The molecule has 0 N–H and O–H groups in total. The van der Waals surface area contributed by atoms with Gasteiger partial charge in [-0.1, -0.05) is 0 Å². The highest BCUT2D eigenvalue weighted by Crippen LogP contribution is 2.32. The molecule has 24 heavy (non-hydrogen) atoms. The number of fused-ring (bicyclic) bond motifs is 1. The van der Waals surface area contributed by atoms with Gasteiger partial charge < -0.3 is 9.47 Å². The minimum absolute atomic E-state index is 0.0681. The molecule has 0 aliphatic rings. The Balaban J connectivity index is 2.01. The predicted molar refractivity (Wildman–Crippen MR) is 73.6 cm³/mol. The second-order valence-corrected chi connectivity index (χ2v) is 4.54. The van der Waals surface area contributed by atoms with Gasteiger partial charge in [0.15, 0.2) is 17.1 Å². The second kappa shape index (κ2) is 5.69. The van der Waals surface area contributed by atoms with Crippen LogP contribution in [0.2, 0.25) is 0 Å². The first-order valence-electron chi connectivity index (χ1n) is 6.48. The van der Waals surface area contributed by atoms with Crippen LogP contribution in [0.3, 0.4) is 0 Å². The Morgan fingerprint density at radius 3 is 2.58 bits per heavy atom. The van der Waals surface area contributed by atoms with Crippen molar-refractivity contribution >= 4 is 5.65 Å². The summed E-state index contributed by atoms with van der Waals surface area (Å²) in [4.78, 5) is 0. The number of benzene rings is 1. The summed E-state index contributed by atoms with van der Waals surface area (Å²) in [6, 6.07) is 8.96. The van der Waals surface area contributed by atoms with Crippen LogP contribution in [0.4, 0.5) is 13.2 Å². The van der Waals surface area contributed by atoms with Crippen LogP contribution in [-0.4, -0.2) is 26.9 Å². The summed E-state index contributed by atoms with van der Waals surface area (Å²) >= 11 is 0. The van der Waals surface area contributed by atoms with Gasteiger partial charge >= 0.3 is 6.18 Å². The van der Waals surface area contributed by atoms with Gasteiger partial charge in [-0.25, -0.2) is 0 Å². The first-order valence-corrected chi connectivity index (χ1v) is 6.48. The van der Waals surface area contributed by atoms with E-state index in [4.69, 9.17) is 14.7 Å². The Labute approximate surface area is 132 Å². The number of alkyl halides is 3. The van der Waals surface area contributed by atoms with Crippen molar-refractivity contribution in [3.8, 4) is 23.4 Å². The molecule has 7 nitrogen and oxygen atoms in total. The standard InChI is InChI=1S/C14H8F3N5O2/c1-23-10-6-8(7-18)2-3-9(10)24-12-5-4-11-19-20-13(14(15,16)17)22(11)21-12/h2-6H,1H3. The molecule has 1 aromatic carbocycles. The summed E-state index contributed by atoms with van der Waals surface area (Å²) < 4.78 is 49.7. The molecule has 0 spiro atoms. The van der Waals surface area contributed by atoms with Crippen molar-refractivity contribution in [2.24, 2.45) is 0 Å². The van der Waals surface area contributed by atoms with E-state index in [0.717, 1.165) is 0 Å². The molecule has 0 radical (unpaired) electrons. The average molecular weight is 335 g/mol. The van der Waals surface area contributed by atoms with E-state index in [2.05, 4.69) is 15.3 Å². The molecule has 2 heterocycles. The zero-order chi connectivity index (χ0) is 17.3. The smallest absolute Gasteiger partial charge is 0.453 e. The van der Waals surface area contributed by atoms with Gasteiger partial charge in [0.05, 0.1) is 18.7 Å². The molecule has 2 aromatic heterocycles. The molecule has 0 aliphatic heterocycles.